The van der Waals surface area contributed by atoms with Gasteiger partial charge in [0, 0.05) is 5.56 Å². The number of methoxy groups -OCH3 is 1. The Balaban J connectivity index is 1.75. The number of fused-ring (bicyclic) bond motifs is 1. The lowest BCUT2D eigenvalue weighted by Crippen LogP contribution is -2.06. The summed E-state index contributed by atoms with van der Waals surface area (Å²) in [7, 11) is 1.62. The van der Waals surface area contributed by atoms with E-state index in [4.69, 9.17) is 13.9 Å². The predicted molar refractivity (Wildman–Crippen MR) is 121 cm³/mol. The van der Waals surface area contributed by atoms with Crippen molar-refractivity contribution < 1.29 is 18.7 Å². The Morgan fingerprint density at radius 2 is 1.61 bits per heavy atom. The van der Waals surface area contributed by atoms with Crippen molar-refractivity contribution in [3.8, 4) is 11.5 Å². The zero-order valence-electron chi connectivity index (χ0n) is 17.7. The fourth-order valence-electron chi connectivity index (χ4n) is 3.19. The van der Waals surface area contributed by atoms with Crippen LogP contribution in [0.25, 0.3) is 22.7 Å². The average molecular weight is 413 g/mol. The molecule has 0 radical (unpaired) electrons. The van der Waals surface area contributed by atoms with E-state index < -0.39 is 0 Å². The molecule has 31 heavy (non-hydrogen) atoms. The van der Waals surface area contributed by atoms with Gasteiger partial charge in [0.15, 0.2) is 11.4 Å². The normalized spacial score (nSPS) is 11.7. The average Bonchev–Trinajstić information content (AvgIpc) is 3.21. The number of carbonyl (C=O) groups is 1. The van der Waals surface area contributed by atoms with Crippen molar-refractivity contribution in [2.75, 3.05) is 7.11 Å². The van der Waals surface area contributed by atoms with Crippen LogP contribution >= 0.6 is 0 Å². The molecule has 156 valence electrons. The van der Waals surface area contributed by atoms with Gasteiger partial charge in [0.05, 0.1) is 18.8 Å². The van der Waals surface area contributed by atoms with Crippen LogP contribution in [0.2, 0.25) is 0 Å². The highest BCUT2D eigenvalue weighted by Gasteiger charge is 2.20. The Morgan fingerprint density at radius 3 is 2.26 bits per heavy atom. The number of ether oxygens (including phenoxy) is 2. The smallest absolute Gasteiger partial charge is 0.231 e. The van der Waals surface area contributed by atoms with E-state index in [2.05, 4.69) is 4.98 Å². The molecular formula is C26H23NO4. The highest BCUT2D eigenvalue weighted by Crippen LogP contribution is 2.27. The maximum absolute atomic E-state index is 13.4. The lowest BCUT2D eigenvalue weighted by molar-refractivity contribution is 0.105. The molecule has 0 saturated carbocycles. The van der Waals surface area contributed by atoms with Gasteiger partial charge in [-0.1, -0.05) is 24.3 Å². The SMILES string of the molecule is COc1ccc(/C=C(\C(=O)c2ccc(OC(C)C)cc2)c2nc3ccccc3o2)cc1. The number of para-hydroxylation sites is 2. The van der Waals surface area contributed by atoms with Crippen molar-refractivity contribution in [1.82, 2.24) is 4.98 Å². The molecule has 0 bridgehead atoms. The summed E-state index contributed by atoms with van der Waals surface area (Å²) in [6, 6.07) is 22.0. The molecule has 0 atom stereocenters. The van der Waals surface area contributed by atoms with Crippen molar-refractivity contribution >= 4 is 28.5 Å². The van der Waals surface area contributed by atoms with Crippen molar-refractivity contribution in [3.63, 3.8) is 0 Å². The first-order valence-corrected chi connectivity index (χ1v) is 10.1. The minimum Gasteiger partial charge on any atom is -0.497 e. The molecule has 0 aliphatic rings. The maximum Gasteiger partial charge on any atom is 0.231 e. The number of hydrogen-bond acceptors (Lipinski definition) is 5. The summed E-state index contributed by atoms with van der Waals surface area (Å²) in [5, 5.41) is 0. The molecule has 4 aromatic rings. The fraction of sp³-hybridized carbons (Fsp3) is 0.154. The molecule has 5 heteroatoms. The number of aromatic nitrogens is 1. The van der Waals surface area contributed by atoms with E-state index in [0.717, 1.165) is 11.3 Å². The summed E-state index contributed by atoms with van der Waals surface area (Å²) >= 11 is 0. The Labute approximate surface area is 180 Å². The first kappa shape index (κ1) is 20.4. The van der Waals surface area contributed by atoms with Crippen LogP contribution in [0.5, 0.6) is 11.5 Å². The van der Waals surface area contributed by atoms with Crippen LogP contribution in [0.1, 0.15) is 35.7 Å². The number of allylic oxidation sites excluding steroid dienone is 1. The van der Waals surface area contributed by atoms with Gasteiger partial charge < -0.3 is 13.9 Å². The maximum atomic E-state index is 13.4. The zero-order valence-corrected chi connectivity index (χ0v) is 17.7. The lowest BCUT2D eigenvalue weighted by Gasteiger charge is -2.10. The zero-order chi connectivity index (χ0) is 21.8. The topological polar surface area (TPSA) is 61.6 Å². The summed E-state index contributed by atoms with van der Waals surface area (Å²) in [4.78, 5) is 18.0. The monoisotopic (exact) mass is 413 g/mol. The van der Waals surface area contributed by atoms with Gasteiger partial charge in [-0.25, -0.2) is 4.98 Å². The second-order valence-corrected chi connectivity index (χ2v) is 7.34. The van der Waals surface area contributed by atoms with Gasteiger partial charge in [0.2, 0.25) is 5.89 Å². The number of carbonyl (C=O) groups excluding carboxylic acids is 1. The van der Waals surface area contributed by atoms with Crippen molar-refractivity contribution in [3.05, 3.63) is 89.8 Å². The molecule has 0 spiro atoms. The molecule has 0 aliphatic carbocycles. The Bertz CT molecular complexity index is 1190. The van der Waals surface area contributed by atoms with E-state index in [9.17, 15) is 4.79 Å². The number of ketones is 1. The molecule has 1 heterocycles. The van der Waals surface area contributed by atoms with Crippen molar-refractivity contribution in [1.29, 1.82) is 0 Å². The van der Waals surface area contributed by atoms with E-state index >= 15 is 0 Å². The van der Waals surface area contributed by atoms with Crippen LogP contribution in [-0.2, 0) is 0 Å². The van der Waals surface area contributed by atoms with Gasteiger partial charge in [-0.3, -0.25) is 4.79 Å². The number of benzene rings is 3. The number of nitrogens with zero attached hydrogens (tertiary/aromatic N) is 1. The largest absolute Gasteiger partial charge is 0.497 e. The number of hydrogen-bond donors (Lipinski definition) is 0. The third-order valence-electron chi connectivity index (χ3n) is 4.68. The highest BCUT2D eigenvalue weighted by molar-refractivity contribution is 6.31. The summed E-state index contributed by atoms with van der Waals surface area (Å²) in [6.07, 6.45) is 1.84. The molecule has 0 amide bonds. The van der Waals surface area contributed by atoms with Crippen molar-refractivity contribution in [2.24, 2.45) is 0 Å². The van der Waals surface area contributed by atoms with E-state index in [1.165, 1.54) is 0 Å². The molecule has 0 unspecified atom stereocenters. The minimum absolute atomic E-state index is 0.0619. The van der Waals surface area contributed by atoms with Crippen LogP contribution in [0, 0.1) is 0 Å². The van der Waals surface area contributed by atoms with Gasteiger partial charge in [-0.05, 0) is 74.0 Å². The predicted octanol–water partition coefficient (Wildman–Crippen LogP) is 6.05. The molecule has 0 aliphatic heterocycles. The molecule has 0 N–H and O–H groups in total. The molecule has 1 aromatic heterocycles. The molecular weight excluding hydrogens is 390 g/mol. The molecule has 0 fully saturated rings. The van der Waals surface area contributed by atoms with Gasteiger partial charge in [-0.15, -0.1) is 0 Å². The van der Waals surface area contributed by atoms with E-state index in [-0.39, 0.29) is 17.8 Å². The van der Waals surface area contributed by atoms with Gasteiger partial charge in [0.25, 0.3) is 0 Å². The number of rotatable bonds is 7. The van der Waals surface area contributed by atoms with Crippen LogP contribution in [0.15, 0.2) is 77.2 Å². The summed E-state index contributed by atoms with van der Waals surface area (Å²) in [6.45, 7) is 3.92. The minimum atomic E-state index is -0.182. The summed E-state index contributed by atoms with van der Waals surface area (Å²) < 4.78 is 16.8. The molecule has 3 aromatic carbocycles. The van der Waals surface area contributed by atoms with E-state index in [1.54, 1.807) is 37.5 Å². The summed E-state index contributed by atoms with van der Waals surface area (Å²) in [5.74, 6) is 1.56. The summed E-state index contributed by atoms with van der Waals surface area (Å²) in [5.41, 5.74) is 3.07. The molecule has 5 nitrogen and oxygen atoms in total. The third-order valence-corrected chi connectivity index (χ3v) is 4.68. The van der Waals surface area contributed by atoms with Crippen molar-refractivity contribution in [2.45, 2.75) is 20.0 Å². The number of oxazole rings is 1. The van der Waals surface area contributed by atoms with Crippen LogP contribution < -0.4 is 9.47 Å². The number of Topliss-reactive ketones (excluding diaryl/α,β-unsaturated/α-hetero) is 1. The Kier molecular flexibility index (Phi) is 5.85. The Morgan fingerprint density at radius 1 is 0.935 bits per heavy atom. The van der Waals surface area contributed by atoms with Crippen LogP contribution in [0.4, 0.5) is 0 Å². The van der Waals surface area contributed by atoms with E-state index in [0.29, 0.717) is 28.0 Å². The fourth-order valence-corrected chi connectivity index (χ4v) is 3.19. The third kappa shape index (κ3) is 4.67. The van der Waals surface area contributed by atoms with Crippen LogP contribution in [0.3, 0.4) is 0 Å². The molecule has 4 rings (SSSR count). The molecule has 0 saturated heterocycles. The van der Waals surface area contributed by atoms with Gasteiger partial charge in [0.1, 0.15) is 17.0 Å². The first-order valence-electron chi connectivity index (χ1n) is 10.1. The van der Waals surface area contributed by atoms with E-state index in [1.807, 2.05) is 62.4 Å². The van der Waals surface area contributed by atoms with Crippen LogP contribution in [-0.4, -0.2) is 24.0 Å². The second kappa shape index (κ2) is 8.88. The Hall–Kier alpha value is -3.86. The highest BCUT2D eigenvalue weighted by atomic mass is 16.5. The quantitative estimate of drug-likeness (QED) is 0.273. The standard InChI is InChI=1S/C26H23NO4/c1-17(2)30-21-14-10-19(11-15-21)25(28)22(16-18-8-12-20(29-3)13-9-18)26-27-23-6-4-5-7-24(23)31-26/h4-17H,1-3H3/b22-16+. The first-order chi connectivity index (χ1) is 15.0. The lowest BCUT2D eigenvalue weighted by atomic mass is 10.0. The van der Waals surface area contributed by atoms with Gasteiger partial charge >= 0.3 is 0 Å². The second-order valence-electron chi connectivity index (χ2n) is 7.34. The van der Waals surface area contributed by atoms with Gasteiger partial charge in [-0.2, -0.15) is 0 Å².